The third-order valence-corrected chi connectivity index (χ3v) is 2.15. The lowest BCUT2D eigenvalue weighted by Gasteiger charge is -2.06. The average Bonchev–Trinajstić information content (AvgIpc) is 2.69. The number of nitrogens with two attached hydrogens (primary N) is 1. The van der Waals surface area contributed by atoms with Crippen molar-refractivity contribution in [3.63, 3.8) is 0 Å². The molecule has 0 unspecified atom stereocenters. The topological polar surface area (TPSA) is 79.6 Å². The van der Waals surface area contributed by atoms with Crippen LogP contribution in [0.2, 0.25) is 5.02 Å². The summed E-state index contributed by atoms with van der Waals surface area (Å²) in [4.78, 5) is 10.9. The molecular weight excluding hydrogens is 214 g/mol. The van der Waals surface area contributed by atoms with Crippen LogP contribution < -0.4 is 11.1 Å². The molecule has 0 aliphatic carbocycles. The van der Waals surface area contributed by atoms with E-state index >= 15 is 0 Å². The molecule has 0 saturated heterocycles. The van der Waals surface area contributed by atoms with Crippen LogP contribution in [0.4, 0.5) is 11.5 Å². The highest BCUT2D eigenvalue weighted by Crippen LogP contribution is 2.21. The Hall–Kier alpha value is -1.75. The van der Waals surface area contributed by atoms with E-state index < -0.39 is 0 Å². The van der Waals surface area contributed by atoms with Gasteiger partial charge in [0.15, 0.2) is 0 Å². The third-order valence-electron chi connectivity index (χ3n) is 1.86. The number of nitrogen functional groups attached to an aromatic ring is 1. The molecule has 5 nitrogen and oxygen atoms in total. The van der Waals surface area contributed by atoms with Crippen LogP contribution in [0, 0.1) is 0 Å². The summed E-state index contributed by atoms with van der Waals surface area (Å²) in [6, 6.07) is 1.66. The Morgan fingerprint density at radius 1 is 1.47 bits per heavy atom. The van der Waals surface area contributed by atoms with Crippen molar-refractivity contribution >= 4 is 23.1 Å². The van der Waals surface area contributed by atoms with E-state index in [4.69, 9.17) is 17.3 Å². The maximum atomic E-state index is 5.94. The first-order valence-electron chi connectivity index (χ1n) is 4.38. The van der Waals surface area contributed by atoms with Gasteiger partial charge in [0, 0.05) is 6.20 Å². The minimum absolute atomic E-state index is 0.509. The number of anilines is 2. The molecule has 4 N–H and O–H groups in total. The Labute approximate surface area is 91.7 Å². The van der Waals surface area contributed by atoms with Gasteiger partial charge in [-0.15, -0.1) is 0 Å². The molecule has 2 aromatic rings. The molecule has 2 rings (SSSR count). The second kappa shape index (κ2) is 4.18. The number of nitrogens with zero attached hydrogens (tertiary/aromatic N) is 2. The number of nitrogens with one attached hydrogen (secondary N) is 2. The van der Waals surface area contributed by atoms with Crippen LogP contribution >= 0.6 is 11.6 Å². The summed E-state index contributed by atoms with van der Waals surface area (Å²) in [5, 5.41) is 3.58. The van der Waals surface area contributed by atoms with Gasteiger partial charge in [-0.2, -0.15) is 0 Å². The Morgan fingerprint density at radius 3 is 3.00 bits per heavy atom. The highest BCUT2D eigenvalue weighted by atomic mass is 35.5. The SMILES string of the molecule is Nc1cnc(NCc2cnc[nH]2)c(Cl)c1. The van der Waals surface area contributed by atoms with Crippen molar-refractivity contribution in [2.75, 3.05) is 11.1 Å². The number of H-pyrrole nitrogens is 1. The first-order valence-corrected chi connectivity index (χ1v) is 4.75. The predicted octanol–water partition coefficient (Wildman–Crippen LogP) is 1.65. The Kier molecular flexibility index (Phi) is 2.73. The van der Waals surface area contributed by atoms with Gasteiger partial charge in [0.2, 0.25) is 0 Å². The van der Waals surface area contributed by atoms with Gasteiger partial charge >= 0.3 is 0 Å². The van der Waals surface area contributed by atoms with E-state index in [1.54, 1.807) is 24.8 Å². The van der Waals surface area contributed by atoms with Crippen LogP contribution in [0.25, 0.3) is 0 Å². The summed E-state index contributed by atoms with van der Waals surface area (Å²) in [5.74, 6) is 0.612. The molecule has 0 saturated carbocycles. The number of hydrogen-bond donors (Lipinski definition) is 3. The molecule has 0 aliphatic heterocycles. The maximum absolute atomic E-state index is 5.94. The zero-order valence-corrected chi connectivity index (χ0v) is 8.62. The van der Waals surface area contributed by atoms with Crippen molar-refractivity contribution < 1.29 is 0 Å². The van der Waals surface area contributed by atoms with Crippen LogP contribution in [0.15, 0.2) is 24.8 Å². The molecule has 2 heterocycles. The van der Waals surface area contributed by atoms with E-state index in [0.717, 1.165) is 5.69 Å². The Morgan fingerprint density at radius 2 is 2.33 bits per heavy atom. The zero-order valence-electron chi connectivity index (χ0n) is 7.87. The van der Waals surface area contributed by atoms with Crippen LogP contribution in [-0.2, 0) is 6.54 Å². The number of pyridine rings is 1. The average molecular weight is 224 g/mol. The van der Waals surface area contributed by atoms with Crippen LogP contribution in [-0.4, -0.2) is 15.0 Å². The molecule has 15 heavy (non-hydrogen) atoms. The van der Waals surface area contributed by atoms with E-state index in [9.17, 15) is 0 Å². The van der Waals surface area contributed by atoms with E-state index in [1.807, 2.05) is 0 Å². The van der Waals surface area contributed by atoms with Crippen molar-refractivity contribution in [1.82, 2.24) is 15.0 Å². The maximum Gasteiger partial charge on any atom is 0.145 e. The fraction of sp³-hybridized carbons (Fsp3) is 0.111. The summed E-state index contributed by atoms with van der Waals surface area (Å²) >= 11 is 5.94. The molecule has 0 radical (unpaired) electrons. The fourth-order valence-corrected chi connectivity index (χ4v) is 1.38. The van der Waals surface area contributed by atoms with Gasteiger partial charge in [-0.05, 0) is 6.07 Å². The summed E-state index contributed by atoms with van der Waals surface area (Å²) in [7, 11) is 0. The van der Waals surface area contributed by atoms with Crippen molar-refractivity contribution in [3.05, 3.63) is 35.5 Å². The summed E-state index contributed by atoms with van der Waals surface area (Å²) < 4.78 is 0. The van der Waals surface area contributed by atoms with Crippen molar-refractivity contribution in [3.8, 4) is 0 Å². The lowest BCUT2D eigenvalue weighted by Crippen LogP contribution is -2.02. The minimum atomic E-state index is 0.509. The van der Waals surface area contributed by atoms with Crippen LogP contribution in [0.5, 0.6) is 0 Å². The molecule has 0 aliphatic rings. The summed E-state index contributed by atoms with van der Waals surface area (Å²) in [5.41, 5.74) is 7.04. The normalized spacial score (nSPS) is 10.2. The van der Waals surface area contributed by atoms with Crippen molar-refractivity contribution in [2.45, 2.75) is 6.54 Å². The van der Waals surface area contributed by atoms with Gasteiger partial charge in [0.25, 0.3) is 0 Å². The lowest BCUT2D eigenvalue weighted by molar-refractivity contribution is 1.05. The second-order valence-corrected chi connectivity index (χ2v) is 3.44. The van der Waals surface area contributed by atoms with Gasteiger partial charge in [-0.3, -0.25) is 0 Å². The molecule has 0 fully saturated rings. The van der Waals surface area contributed by atoms with Gasteiger partial charge in [0.1, 0.15) is 5.82 Å². The lowest BCUT2D eigenvalue weighted by atomic mass is 10.4. The molecule has 0 amide bonds. The van der Waals surface area contributed by atoms with Crippen molar-refractivity contribution in [1.29, 1.82) is 0 Å². The minimum Gasteiger partial charge on any atom is -0.397 e. The first-order chi connectivity index (χ1) is 7.25. The molecule has 0 bridgehead atoms. The Bertz CT molecular complexity index is 440. The Balaban J connectivity index is 2.05. The van der Waals surface area contributed by atoms with E-state index in [2.05, 4.69) is 20.3 Å². The number of imidazole rings is 1. The van der Waals surface area contributed by atoms with Gasteiger partial charge in [0.05, 0.1) is 35.5 Å². The number of hydrogen-bond acceptors (Lipinski definition) is 4. The number of aromatic nitrogens is 3. The van der Waals surface area contributed by atoms with Gasteiger partial charge < -0.3 is 16.0 Å². The largest absolute Gasteiger partial charge is 0.397 e. The molecule has 0 spiro atoms. The highest BCUT2D eigenvalue weighted by Gasteiger charge is 2.02. The number of halogens is 1. The number of rotatable bonds is 3. The summed E-state index contributed by atoms with van der Waals surface area (Å²) in [6.45, 7) is 0.594. The zero-order chi connectivity index (χ0) is 10.7. The van der Waals surface area contributed by atoms with Crippen molar-refractivity contribution in [2.24, 2.45) is 0 Å². The fourth-order valence-electron chi connectivity index (χ4n) is 1.14. The first kappa shape index (κ1) is 9.79. The quantitative estimate of drug-likeness (QED) is 0.739. The summed E-state index contributed by atoms with van der Waals surface area (Å²) in [6.07, 6.45) is 4.91. The van der Waals surface area contributed by atoms with E-state index in [0.29, 0.717) is 23.1 Å². The smallest absolute Gasteiger partial charge is 0.145 e. The molecule has 78 valence electrons. The third kappa shape index (κ3) is 2.38. The highest BCUT2D eigenvalue weighted by molar-refractivity contribution is 6.33. The van der Waals surface area contributed by atoms with E-state index in [-0.39, 0.29) is 0 Å². The molecule has 2 aromatic heterocycles. The van der Waals surface area contributed by atoms with Gasteiger partial charge in [-0.25, -0.2) is 9.97 Å². The molecule has 0 atom stereocenters. The van der Waals surface area contributed by atoms with Crippen LogP contribution in [0.3, 0.4) is 0 Å². The standard InChI is InChI=1S/C9H10ClN5/c10-8-1-6(11)2-13-9(8)14-4-7-3-12-5-15-7/h1-3,5H,4,11H2,(H,12,15)(H,13,14). The molecule has 0 aromatic carbocycles. The monoisotopic (exact) mass is 223 g/mol. The predicted molar refractivity (Wildman–Crippen MR) is 59.6 cm³/mol. The van der Waals surface area contributed by atoms with Gasteiger partial charge in [-0.1, -0.05) is 11.6 Å². The van der Waals surface area contributed by atoms with E-state index in [1.165, 1.54) is 0 Å². The molecule has 6 heteroatoms. The molecular formula is C9H10ClN5. The number of aromatic amines is 1. The van der Waals surface area contributed by atoms with Crippen LogP contribution in [0.1, 0.15) is 5.69 Å². The second-order valence-electron chi connectivity index (χ2n) is 3.03.